The van der Waals surface area contributed by atoms with Crippen LogP contribution in [-0.4, -0.2) is 0 Å². The van der Waals surface area contributed by atoms with Crippen LogP contribution in [0, 0.1) is 84.1 Å². The molecule has 0 saturated carbocycles. The van der Waals surface area contributed by atoms with Crippen LogP contribution in [0.2, 0.25) is 0 Å². The van der Waals surface area contributed by atoms with Gasteiger partial charge in [-0.05, 0) is 0 Å². The van der Waals surface area contributed by atoms with Gasteiger partial charge in [0.1, 0.15) is 0 Å². The predicted molar refractivity (Wildman–Crippen MR) is 104 cm³/mol. The van der Waals surface area contributed by atoms with E-state index in [1.165, 1.54) is 55.6 Å². The van der Waals surface area contributed by atoms with Gasteiger partial charge in [0.25, 0.3) is 0 Å². The van der Waals surface area contributed by atoms with E-state index in [1.807, 2.05) is 0 Å². The summed E-state index contributed by atoms with van der Waals surface area (Å²) in [6.45, 7) is 22.0. The molecule has 1 heteroatoms. The van der Waals surface area contributed by atoms with Crippen molar-refractivity contribution in [3.63, 3.8) is 0 Å². The molecule has 0 aliphatic rings. The molecule has 2 rings (SSSR count). The van der Waals surface area contributed by atoms with Gasteiger partial charge < -0.3 is 14.9 Å². The van der Waals surface area contributed by atoms with E-state index in [1.54, 1.807) is 0 Å². The molecular weight excluding hydrogens is 312 g/mol. The van der Waals surface area contributed by atoms with Crippen LogP contribution in [0.25, 0.3) is 0 Å². The van der Waals surface area contributed by atoms with E-state index in [0.29, 0.717) is 0 Å². The van der Waals surface area contributed by atoms with Crippen LogP contribution in [-0.2, 0) is 21.7 Å². The van der Waals surface area contributed by atoms with Crippen molar-refractivity contribution in [3.05, 3.63) is 70.5 Å². The molecule has 0 aromatic heterocycles. The van der Waals surface area contributed by atoms with Gasteiger partial charge in [-0.1, -0.05) is 69.2 Å². The van der Waals surface area contributed by atoms with Gasteiger partial charge in [0.15, 0.2) is 0 Å². The molecule has 0 bridgehead atoms. The van der Waals surface area contributed by atoms with Gasteiger partial charge in [0.05, 0.1) is 0 Å². The van der Waals surface area contributed by atoms with Crippen LogP contribution in [0.3, 0.4) is 0 Å². The molecule has 2 aromatic rings. The Morgan fingerprint density at radius 2 is 0.565 bits per heavy atom. The maximum absolute atomic E-state index is 2.20. The van der Waals surface area contributed by atoms with Gasteiger partial charge in [-0.25, -0.2) is 0 Å². The van der Waals surface area contributed by atoms with Gasteiger partial charge in [-0.3, -0.25) is 0 Å². The van der Waals surface area contributed by atoms with Crippen molar-refractivity contribution in [3.8, 4) is 0 Å². The summed E-state index contributed by atoms with van der Waals surface area (Å²) in [4.78, 5) is 0. The van der Waals surface area contributed by atoms with Crippen LogP contribution >= 0.6 is 0 Å². The van der Waals surface area contributed by atoms with Crippen molar-refractivity contribution in [2.75, 3.05) is 0 Å². The Morgan fingerprint density at radius 3 is 0.609 bits per heavy atom. The Kier molecular flexibility index (Phi) is 12.2. The minimum atomic E-state index is 0. The minimum Gasteiger partial charge on any atom is -0.358 e. The first-order chi connectivity index (χ1) is 9.11. The number of hydrogen-bond acceptors (Lipinski definition) is 0. The number of hydrogen-bond donors (Lipinski definition) is 0. The molecule has 0 N–H and O–H groups in total. The average Bonchev–Trinajstić information content (AvgIpc) is 2.71. The fraction of sp³-hybridized carbons (Fsp3) is 0.455. The third kappa shape index (κ3) is 5.20. The van der Waals surface area contributed by atoms with Gasteiger partial charge in [0, 0.05) is 0 Å². The summed E-state index contributed by atoms with van der Waals surface area (Å²) in [5, 5.41) is 0. The van der Waals surface area contributed by atoms with Crippen LogP contribution in [0.5, 0.6) is 0 Å². The monoisotopic (exact) mass is 348 g/mol. The van der Waals surface area contributed by atoms with Crippen molar-refractivity contribution < 1.29 is 21.7 Å². The van der Waals surface area contributed by atoms with Gasteiger partial charge >= 0.3 is 21.7 Å². The normalized spacial score (nSPS) is 9.13. The summed E-state index contributed by atoms with van der Waals surface area (Å²) in [5.41, 5.74) is 14.7. The van der Waals surface area contributed by atoms with E-state index in [9.17, 15) is 0 Å². The van der Waals surface area contributed by atoms with E-state index in [4.69, 9.17) is 0 Å². The molecule has 0 nitrogen and oxygen atoms in total. The average molecular weight is 348 g/mol. The standard InChI is InChI=1S/2C10H15.2CH3.Ti/c2*1-6-7(2)9(4)10(5)8(6)3;;;/h2*1-5H3;2*1H3;/q4*-1;+4. The molecule has 0 aliphatic heterocycles. The predicted octanol–water partition coefficient (Wildman–Crippen LogP) is 6.79. The second-order valence-electron chi connectivity index (χ2n) is 6.25. The van der Waals surface area contributed by atoms with Crippen molar-refractivity contribution in [2.24, 2.45) is 0 Å². The summed E-state index contributed by atoms with van der Waals surface area (Å²) < 4.78 is 0. The second kappa shape index (κ2) is 10.3. The zero-order valence-electron chi connectivity index (χ0n) is 17.5. The molecular formula is C22H36Ti. The maximum atomic E-state index is 2.20. The minimum absolute atomic E-state index is 0. The molecule has 0 amide bonds. The van der Waals surface area contributed by atoms with E-state index in [0.717, 1.165) is 0 Å². The van der Waals surface area contributed by atoms with E-state index in [2.05, 4.69) is 69.2 Å². The molecule has 0 atom stereocenters. The zero-order valence-corrected chi connectivity index (χ0v) is 19.1. The fourth-order valence-corrected chi connectivity index (χ4v) is 2.81. The molecule has 0 spiro atoms. The van der Waals surface area contributed by atoms with Gasteiger partial charge in [0.2, 0.25) is 0 Å². The molecule has 0 saturated heterocycles. The van der Waals surface area contributed by atoms with Crippen LogP contribution in [0.4, 0.5) is 0 Å². The molecule has 128 valence electrons. The van der Waals surface area contributed by atoms with E-state index in [-0.39, 0.29) is 36.6 Å². The van der Waals surface area contributed by atoms with Crippen molar-refractivity contribution in [1.82, 2.24) is 0 Å². The third-order valence-electron chi connectivity index (χ3n) is 5.62. The van der Waals surface area contributed by atoms with Crippen molar-refractivity contribution in [1.29, 1.82) is 0 Å². The molecule has 23 heavy (non-hydrogen) atoms. The van der Waals surface area contributed by atoms with Gasteiger partial charge in [-0.2, -0.15) is 55.6 Å². The van der Waals surface area contributed by atoms with Gasteiger partial charge in [-0.15, -0.1) is 0 Å². The Balaban J connectivity index is -0.000000308. The molecule has 0 heterocycles. The summed E-state index contributed by atoms with van der Waals surface area (Å²) in [6.07, 6.45) is 0. The van der Waals surface area contributed by atoms with Crippen LogP contribution in [0.1, 0.15) is 55.6 Å². The summed E-state index contributed by atoms with van der Waals surface area (Å²) in [7, 11) is 0. The quantitative estimate of drug-likeness (QED) is 0.363. The third-order valence-corrected chi connectivity index (χ3v) is 5.62. The Hall–Kier alpha value is -0.586. The second-order valence-corrected chi connectivity index (χ2v) is 6.25. The smallest absolute Gasteiger partial charge is 0.358 e. The summed E-state index contributed by atoms with van der Waals surface area (Å²) >= 11 is 0. The summed E-state index contributed by atoms with van der Waals surface area (Å²) in [5.74, 6) is 0. The maximum Gasteiger partial charge on any atom is 4.00 e. The first-order valence-corrected chi connectivity index (χ1v) is 7.50. The molecule has 0 radical (unpaired) electrons. The topological polar surface area (TPSA) is 0 Å². The van der Waals surface area contributed by atoms with Crippen LogP contribution in [0.15, 0.2) is 0 Å². The largest absolute Gasteiger partial charge is 4.00 e. The molecule has 0 aliphatic carbocycles. The number of rotatable bonds is 0. The fourth-order valence-electron chi connectivity index (χ4n) is 2.81. The van der Waals surface area contributed by atoms with Crippen molar-refractivity contribution >= 4 is 0 Å². The molecule has 2 aromatic carbocycles. The zero-order chi connectivity index (χ0) is 15.8. The summed E-state index contributed by atoms with van der Waals surface area (Å²) in [6, 6.07) is 0. The van der Waals surface area contributed by atoms with E-state index < -0.39 is 0 Å². The molecule has 0 fully saturated rings. The van der Waals surface area contributed by atoms with Crippen molar-refractivity contribution in [2.45, 2.75) is 69.2 Å². The molecule has 0 unspecified atom stereocenters. The SMILES string of the molecule is Cc1c(C)c(C)[c-](C)c1C.Cc1c(C)c(C)[c-](C)c1C.[CH3-].[CH3-].[Ti+4]. The van der Waals surface area contributed by atoms with Crippen LogP contribution < -0.4 is 0 Å². The van der Waals surface area contributed by atoms with E-state index >= 15 is 0 Å². The Bertz CT molecular complexity index is 405. The first kappa shape index (κ1) is 27.3. The first-order valence-electron chi connectivity index (χ1n) is 7.50. The Labute approximate surface area is 161 Å². The Morgan fingerprint density at radius 1 is 0.435 bits per heavy atom.